The molecule has 2 N–H and O–H groups in total. The Morgan fingerprint density at radius 1 is 1.07 bits per heavy atom. The Balaban J connectivity index is 1.14. The Labute approximate surface area is 243 Å². The largest absolute Gasteiger partial charge is 0.372 e. The first-order valence-corrected chi connectivity index (χ1v) is 15.7. The van der Waals surface area contributed by atoms with Crippen LogP contribution in [-0.4, -0.2) is 71.4 Å². The van der Waals surface area contributed by atoms with E-state index >= 15 is 0 Å². The number of hydrogen-bond donors (Lipinski definition) is 2. The molecular formula is C29H34F2N6O4S. The van der Waals surface area contributed by atoms with E-state index in [-0.39, 0.29) is 24.5 Å². The van der Waals surface area contributed by atoms with Crippen LogP contribution >= 0.6 is 0 Å². The minimum atomic E-state index is -4.70. The molecule has 3 aromatic rings. The molecule has 10 nitrogen and oxygen atoms in total. The molecule has 0 radical (unpaired) electrons. The molecule has 3 aromatic heterocycles. The Kier molecular flexibility index (Phi) is 7.38. The molecule has 0 spiro atoms. The number of hydrogen-bond acceptors (Lipinski definition) is 8. The third kappa shape index (κ3) is 5.82. The van der Waals surface area contributed by atoms with Gasteiger partial charge in [0.25, 0.3) is 10.0 Å². The van der Waals surface area contributed by atoms with Crippen molar-refractivity contribution in [2.45, 2.75) is 81.4 Å². The van der Waals surface area contributed by atoms with Crippen LogP contribution in [0.4, 0.5) is 14.6 Å². The Morgan fingerprint density at radius 2 is 1.79 bits per heavy atom. The van der Waals surface area contributed by atoms with E-state index in [1.807, 2.05) is 30.3 Å². The van der Waals surface area contributed by atoms with Gasteiger partial charge in [0.15, 0.2) is 0 Å². The minimum Gasteiger partial charge on any atom is -0.372 e. The van der Waals surface area contributed by atoms with Gasteiger partial charge in [-0.15, -0.1) is 0 Å². The highest BCUT2D eigenvalue weighted by molar-refractivity contribution is 7.89. The van der Waals surface area contributed by atoms with Crippen molar-refractivity contribution in [1.82, 2.24) is 25.0 Å². The zero-order chi connectivity index (χ0) is 29.7. The molecule has 0 aromatic carbocycles. The van der Waals surface area contributed by atoms with Crippen LogP contribution in [0.2, 0.25) is 0 Å². The minimum absolute atomic E-state index is 0.0144. The van der Waals surface area contributed by atoms with Gasteiger partial charge >= 0.3 is 5.76 Å². The lowest BCUT2D eigenvalue weighted by molar-refractivity contribution is -0.126. The summed E-state index contributed by atoms with van der Waals surface area (Å²) in [5.74, 6) is -2.87. The van der Waals surface area contributed by atoms with E-state index in [2.05, 4.69) is 33.8 Å². The first-order chi connectivity index (χ1) is 19.9. The first-order valence-electron chi connectivity index (χ1n) is 14.2. The smallest absolute Gasteiger partial charge is 0.350 e. The average molecular weight is 601 g/mol. The number of sulfonamides is 1. The quantitative estimate of drug-likeness (QED) is 0.402. The van der Waals surface area contributed by atoms with Crippen molar-refractivity contribution in [2.75, 3.05) is 18.0 Å². The maximum atomic E-state index is 13.0. The predicted molar refractivity (Wildman–Crippen MR) is 153 cm³/mol. The molecule has 13 heteroatoms. The third-order valence-corrected chi connectivity index (χ3v) is 9.56. The number of ether oxygens (including phenoxy) is 1. The van der Waals surface area contributed by atoms with Crippen molar-refractivity contribution in [3.8, 4) is 11.4 Å². The lowest BCUT2D eigenvalue weighted by Crippen LogP contribution is -2.73. The molecular weight excluding hydrogens is 566 g/mol. The molecule has 2 bridgehead atoms. The summed E-state index contributed by atoms with van der Waals surface area (Å²) in [6.45, 7) is 5.63. The molecule has 7 rings (SSSR count). The van der Waals surface area contributed by atoms with E-state index < -0.39 is 26.9 Å². The van der Waals surface area contributed by atoms with Crippen LogP contribution in [0.5, 0.6) is 0 Å². The highest BCUT2D eigenvalue weighted by atomic mass is 32.2. The molecule has 42 heavy (non-hydrogen) atoms. The summed E-state index contributed by atoms with van der Waals surface area (Å²) in [5, 5.41) is 3.86. The molecule has 224 valence electrons. The predicted octanol–water partition coefficient (Wildman–Crippen LogP) is 3.56. The van der Waals surface area contributed by atoms with E-state index in [1.54, 1.807) is 12.3 Å². The Morgan fingerprint density at radius 3 is 2.52 bits per heavy atom. The van der Waals surface area contributed by atoms with E-state index in [9.17, 15) is 22.0 Å². The second-order valence-electron chi connectivity index (χ2n) is 12.0. The highest BCUT2D eigenvalue weighted by Crippen LogP contribution is 2.52. The summed E-state index contributed by atoms with van der Waals surface area (Å²) >= 11 is 0. The van der Waals surface area contributed by atoms with Gasteiger partial charge in [-0.25, -0.2) is 23.1 Å². The van der Waals surface area contributed by atoms with Crippen LogP contribution in [0.3, 0.4) is 0 Å². The van der Waals surface area contributed by atoms with Gasteiger partial charge in [0.05, 0.1) is 41.2 Å². The average Bonchev–Trinajstić information content (AvgIpc) is 2.91. The van der Waals surface area contributed by atoms with Crippen molar-refractivity contribution in [2.24, 2.45) is 0 Å². The SMILES string of the molecule is C[C@@H]1CN(c2cccc(-c3ccc4cnc(CC(=O)NC56CCCC(NS(=O)(=O)C(F)F)(C5)C6)cc4n3)n2)C[C@H](C)O1. The van der Waals surface area contributed by atoms with Gasteiger partial charge in [-0.3, -0.25) is 9.78 Å². The number of rotatable bonds is 8. The summed E-state index contributed by atoms with van der Waals surface area (Å²) < 4.78 is 57.4. The van der Waals surface area contributed by atoms with Crippen LogP contribution in [-0.2, 0) is 26.0 Å². The number of anilines is 1. The van der Waals surface area contributed by atoms with Crippen LogP contribution < -0.4 is 14.9 Å². The van der Waals surface area contributed by atoms with Gasteiger partial charge in [0, 0.05) is 35.8 Å². The van der Waals surface area contributed by atoms with Crippen LogP contribution in [0.1, 0.15) is 51.6 Å². The summed E-state index contributed by atoms with van der Waals surface area (Å²) in [6.07, 6.45) is 4.28. The molecule has 4 heterocycles. The zero-order valence-corrected chi connectivity index (χ0v) is 24.3. The number of pyridine rings is 3. The number of carbonyl (C=O) groups excluding carboxylic acids is 1. The molecule has 0 unspecified atom stereocenters. The summed E-state index contributed by atoms with van der Waals surface area (Å²) in [7, 11) is -4.70. The molecule has 1 saturated heterocycles. The van der Waals surface area contributed by atoms with Gasteiger partial charge in [0.1, 0.15) is 5.82 Å². The standard InChI is InChI=1S/C29H34F2N6O4S/c1-18-14-37(15-19(2)41-18)25-6-3-5-22(34-25)23-8-7-20-13-32-21(11-24(20)33-23)12-26(38)35-28-9-4-10-29(16-28,17-28)36-42(39,40)27(30)31/h3,5-8,11,13,18-19,27,36H,4,9-10,12,14-17H2,1-2H3,(H,35,38)/t18-,19+,28?,29?. The van der Waals surface area contributed by atoms with Crippen molar-refractivity contribution in [1.29, 1.82) is 0 Å². The second-order valence-corrected chi connectivity index (χ2v) is 13.7. The zero-order valence-electron chi connectivity index (χ0n) is 23.5. The molecule has 4 aliphatic rings. The highest BCUT2D eigenvalue weighted by Gasteiger charge is 2.59. The van der Waals surface area contributed by atoms with Crippen molar-refractivity contribution in [3.05, 3.63) is 48.3 Å². The van der Waals surface area contributed by atoms with Gasteiger partial charge in [-0.2, -0.15) is 8.78 Å². The Bertz CT molecular complexity index is 1600. The molecule has 2 atom stereocenters. The Hall–Kier alpha value is -3.29. The fourth-order valence-electron chi connectivity index (χ4n) is 6.89. The first kappa shape index (κ1) is 28.8. The van der Waals surface area contributed by atoms with E-state index in [1.165, 1.54) is 0 Å². The van der Waals surface area contributed by atoms with E-state index in [0.717, 1.165) is 30.0 Å². The van der Waals surface area contributed by atoms with Gasteiger partial charge < -0.3 is 15.0 Å². The summed E-state index contributed by atoms with van der Waals surface area (Å²) in [4.78, 5) is 29.4. The second kappa shape index (κ2) is 10.8. The van der Waals surface area contributed by atoms with Crippen LogP contribution in [0.15, 0.2) is 42.6 Å². The number of nitrogens with zero attached hydrogens (tertiary/aromatic N) is 4. The van der Waals surface area contributed by atoms with Gasteiger partial charge in [-0.05, 0) is 76.3 Å². The van der Waals surface area contributed by atoms with Crippen LogP contribution in [0, 0.1) is 0 Å². The van der Waals surface area contributed by atoms with Gasteiger partial charge in [0.2, 0.25) is 5.91 Å². The monoisotopic (exact) mass is 600 g/mol. The molecule has 3 saturated carbocycles. The number of carbonyl (C=O) groups is 1. The van der Waals surface area contributed by atoms with Crippen molar-refractivity contribution >= 4 is 32.7 Å². The molecule has 1 aliphatic heterocycles. The normalized spacial score (nSPS) is 27.6. The molecule has 4 fully saturated rings. The summed E-state index contributed by atoms with van der Waals surface area (Å²) in [5.41, 5.74) is 1.15. The number of aromatic nitrogens is 3. The number of alkyl halides is 2. The molecule has 1 amide bonds. The van der Waals surface area contributed by atoms with Crippen molar-refractivity contribution < 1.29 is 26.7 Å². The topological polar surface area (TPSA) is 126 Å². The van der Waals surface area contributed by atoms with E-state index in [4.69, 9.17) is 14.7 Å². The number of nitrogens with one attached hydrogen (secondary N) is 2. The lowest BCUT2D eigenvalue weighted by atomic mass is 9.55. The van der Waals surface area contributed by atoms with Gasteiger partial charge in [-0.1, -0.05) is 6.07 Å². The maximum Gasteiger partial charge on any atom is 0.350 e. The van der Waals surface area contributed by atoms with Crippen LogP contribution in [0.25, 0.3) is 22.3 Å². The maximum absolute atomic E-state index is 13.0. The number of halogens is 2. The molecule has 3 aliphatic carbocycles. The van der Waals surface area contributed by atoms with E-state index in [0.29, 0.717) is 49.0 Å². The summed E-state index contributed by atoms with van der Waals surface area (Å²) in [6, 6.07) is 11.5. The fraction of sp³-hybridized carbons (Fsp3) is 0.517. The fourth-order valence-corrected chi connectivity index (χ4v) is 7.83. The number of morpholine rings is 1. The third-order valence-electron chi connectivity index (χ3n) is 8.37. The lowest BCUT2D eigenvalue weighted by Gasteiger charge is -2.60. The van der Waals surface area contributed by atoms with Crippen molar-refractivity contribution in [3.63, 3.8) is 0 Å². The number of fused-ring (bicyclic) bond motifs is 3. The number of amides is 1.